The van der Waals surface area contributed by atoms with Crippen LogP contribution in [-0.4, -0.2) is 62.7 Å². The Hall–Kier alpha value is -3.52. The first-order chi connectivity index (χ1) is 15.7. The minimum atomic E-state index is -4.48. The Kier molecular flexibility index (Phi) is 12.5. The van der Waals surface area contributed by atoms with E-state index in [9.17, 15) is 34.4 Å². The molecule has 0 aliphatic rings. The highest BCUT2D eigenvalue weighted by atomic mass is 31.2. The fourth-order valence-electron chi connectivity index (χ4n) is 2.61. The van der Waals surface area contributed by atoms with Crippen molar-refractivity contribution in [3.05, 3.63) is 62.2 Å². The van der Waals surface area contributed by atoms with Crippen LogP contribution in [0.15, 0.2) is 36.4 Å². The van der Waals surface area contributed by atoms with Gasteiger partial charge in [-0.05, 0) is 54.4 Å². The average Bonchev–Trinajstić information content (AvgIpc) is 2.71. The molecule has 0 saturated carbocycles. The first-order valence-electron chi connectivity index (χ1n) is 9.33. The Bertz CT molecular complexity index is 1020. The Balaban J connectivity index is 0.000000754. The Morgan fingerprint density at radius 3 is 2.12 bits per heavy atom. The summed E-state index contributed by atoms with van der Waals surface area (Å²) in [5.41, 5.74) is 3.70. The number of benzene rings is 2. The van der Waals surface area contributed by atoms with E-state index in [0.29, 0.717) is 24.3 Å². The van der Waals surface area contributed by atoms with E-state index in [1.807, 2.05) is 0 Å². The molecule has 2 rings (SSSR count). The van der Waals surface area contributed by atoms with Crippen LogP contribution in [0.5, 0.6) is 5.75 Å². The summed E-state index contributed by atoms with van der Waals surface area (Å²) in [7, 11) is -2.93. The van der Waals surface area contributed by atoms with Gasteiger partial charge in [-0.2, -0.15) is 0 Å². The number of fused-ring (bicyclic) bond motifs is 1. The first kappa shape index (κ1) is 30.5. The third kappa shape index (κ3) is 11.4. The van der Waals surface area contributed by atoms with Crippen LogP contribution in [0.4, 0.5) is 0 Å². The van der Waals surface area contributed by atoms with Crippen LogP contribution in [-0.2, 0) is 19.6 Å². The molecule has 2 aromatic carbocycles. The minimum Gasteiger partial charge on any atom is -0.497 e. The lowest BCUT2D eigenvalue weighted by atomic mass is 9.83. The third-order valence-electron chi connectivity index (χ3n) is 4.22. The zero-order valence-corrected chi connectivity index (χ0v) is 19.2. The predicted molar refractivity (Wildman–Crippen MR) is 118 cm³/mol. The van der Waals surface area contributed by atoms with Gasteiger partial charge in [0.1, 0.15) is 11.2 Å². The molecule has 0 spiro atoms. The lowest BCUT2D eigenvalue weighted by Gasteiger charge is -2.26. The van der Waals surface area contributed by atoms with Crippen LogP contribution < -0.4 is 10.5 Å². The van der Waals surface area contributed by atoms with Gasteiger partial charge in [0, 0.05) is 0 Å². The molecule has 0 bridgehead atoms. The van der Waals surface area contributed by atoms with E-state index in [1.165, 1.54) is 6.92 Å². The van der Waals surface area contributed by atoms with Crippen LogP contribution in [0.1, 0.15) is 18.9 Å². The molecule has 16 heteroatoms. The molecule has 6 N–H and O–H groups in total. The summed E-state index contributed by atoms with van der Waals surface area (Å²) in [4.78, 5) is 51.6. The highest BCUT2D eigenvalue weighted by molar-refractivity contribution is 7.51. The van der Waals surface area contributed by atoms with Gasteiger partial charge in [0.15, 0.2) is 0 Å². The van der Waals surface area contributed by atoms with Crippen molar-refractivity contribution in [1.29, 1.82) is 0 Å². The number of ether oxygens (including phenoxy) is 1. The van der Waals surface area contributed by atoms with Crippen LogP contribution in [0, 0.1) is 20.2 Å². The molecule has 0 saturated heterocycles. The number of nitrogens with two attached hydrogens (primary N) is 1. The van der Waals surface area contributed by atoms with Crippen molar-refractivity contribution in [2.75, 3.05) is 26.4 Å². The fourth-order valence-corrected chi connectivity index (χ4v) is 3.75. The number of carboxylic acid groups (broad SMARTS) is 1. The summed E-state index contributed by atoms with van der Waals surface area (Å²) < 4.78 is 16.4. The molecular weight excluding hydrogens is 481 g/mol. The lowest BCUT2D eigenvalue weighted by molar-refractivity contribution is -0.757. The number of methoxy groups -OCH3 is 1. The number of carboxylic acids is 1. The van der Waals surface area contributed by atoms with E-state index >= 15 is 0 Å². The Morgan fingerprint density at radius 1 is 1.15 bits per heavy atom. The maximum atomic E-state index is 11.6. The molecule has 190 valence electrons. The van der Waals surface area contributed by atoms with E-state index in [0.717, 1.165) is 10.8 Å². The monoisotopic (exact) mass is 507 g/mol. The highest BCUT2D eigenvalue weighted by Crippen LogP contribution is 2.44. The molecular formula is C18H26N3O12P. The third-order valence-corrected chi connectivity index (χ3v) is 5.27. The number of aliphatic carboxylic acids is 1. The molecule has 0 fully saturated rings. The summed E-state index contributed by atoms with van der Waals surface area (Å²) in [5.74, 6) is -0.597. The zero-order valence-electron chi connectivity index (χ0n) is 18.3. The minimum absolute atomic E-state index is 0.101. The second-order valence-corrected chi connectivity index (χ2v) is 8.47. The molecule has 1 atom stereocenters. The van der Waals surface area contributed by atoms with Gasteiger partial charge in [-0.15, -0.1) is 20.2 Å². The van der Waals surface area contributed by atoms with E-state index in [2.05, 4.69) is 4.84 Å². The second-order valence-electron chi connectivity index (χ2n) is 6.82. The molecule has 0 aromatic heterocycles. The van der Waals surface area contributed by atoms with Crippen molar-refractivity contribution in [3.8, 4) is 5.75 Å². The molecule has 0 unspecified atom stereocenters. The van der Waals surface area contributed by atoms with E-state index in [4.69, 9.17) is 25.8 Å². The van der Waals surface area contributed by atoms with Crippen LogP contribution in [0.25, 0.3) is 10.8 Å². The highest BCUT2D eigenvalue weighted by Gasteiger charge is 2.41. The molecule has 15 nitrogen and oxygen atoms in total. The molecule has 0 aliphatic carbocycles. The summed E-state index contributed by atoms with van der Waals surface area (Å²) in [6, 6.07) is 10.3. The second kappa shape index (κ2) is 13.9. The Labute approximate surface area is 193 Å². The molecule has 0 radical (unpaired) electrons. The lowest BCUT2D eigenvalue weighted by Crippen LogP contribution is -2.36. The maximum Gasteiger partial charge on any atom is 0.327 e. The van der Waals surface area contributed by atoms with Crippen molar-refractivity contribution in [2.45, 2.75) is 18.8 Å². The summed E-state index contributed by atoms with van der Waals surface area (Å²) in [6.07, 6.45) is -0.224. The van der Waals surface area contributed by atoms with Gasteiger partial charge in [0.05, 0.1) is 19.9 Å². The van der Waals surface area contributed by atoms with Gasteiger partial charge < -0.3 is 35.4 Å². The molecule has 0 aliphatic heterocycles. The van der Waals surface area contributed by atoms with Crippen molar-refractivity contribution in [1.82, 2.24) is 0 Å². The molecule has 0 amide bonds. The number of nitrogens with zero attached hydrogens (tertiary/aromatic N) is 2. The smallest absolute Gasteiger partial charge is 0.327 e. The van der Waals surface area contributed by atoms with Gasteiger partial charge in [0.25, 0.3) is 10.2 Å². The molecule has 2 aromatic rings. The standard InChI is InChI=1S/C15H17O6P.C3H8N2O3.HNO3/c1-15(14(16)17,9-22(18,19)20)12-5-3-11-8-13(21-2)6-4-10(11)7-12;4-2-1-3-8-5(6)7;2-1(3)4/h3-8H,9H2,1-2H3,(H,16,17)(H2,18,19,20);1-4H2;(H,2,3,4)/t15-;;/m0../s1. The van der Waals surface area contributed by atoms with E-state index < -0.39 is 35.3 Å². The number of rotatable bonds is 9. The van der Waals surface area contributed by atoms with E-state index in [1.54, 1.807) is 43.5 Å². The van der Waals surface area contributed by atoms with Gasteiger partial charge in [-0.25, -0.2) is 0 Å². The zero-order chi connectivity index (χ0) is 26.5. The average molecular weight is 507 g/mol. The Morgan fingerprint density at radius 2 is 1.68 bits per heavy atom. The van der Waals surface area contributed by atoms with Gasteiger partial charge >= 0.3 is 13.6 Å². The summed E-state index contributed by atoms with van der Waals surface area (Å²) in [6.45, 7) is 1.84. The van der Waals surface area contributed by atoms with Crippen molar-refractivity contribution >= 4 is 24.3 Å². The molecule has 34 heavy (non-hydrogen) atoms. The van der Waals surface area contributed by atoms with E-state index in [-0.39, 0.29) is 6.61 Å². The predicted octanol–water partition coefficient (Wildman–Crippen LogP) is 1.56. The largest absolute Gasteiger partial charge is 0.497 e. The van der Waals surface area contributed by atoms with Crippen LogP contribution in [0.2, 0.25) is 0 Å². The van der Waals surface area contributed by atoms with Gasteiger partial charge in [0.2, 0.25) is 0 Å². The van der Waals surface area contributed by atoms with Gasteiger partial charge in [-0.3, -0.25) is 9.36 Å². The van der Waals surface area contributed by atoms with Crippen LogP contribution in [0.3, 0.4) is 0 Å². The van der Waals surface area contributed by atoms with Crippen molar-refractivity contribution < 1.29 is 49.2 Å². The SMILES string of the molecule is COc1ccc2cc([C@](C)(CP(=O)(O)O)C(=O)O)ccc2c1.NCCCO[N+](=O)[O-].O=[N+]([O-])O. The topological polar surface area (TPSA) is 246 Å². The normalized spacial score (nSPS) is 12.1. The number of hydrogen-bond donors (Lipinski definition) is 5. The fraction of sp³-hybridized carbons (Fsp3) is 0.389. The molecule has 0 heterocycles. The number of carbonyl (C=O) groups is 1. The maximum absolute atomic E-state index is 11.6. The van der Waals surface area contributed by atoms with Crippen molar-refractivity contribution in [2.24, 2.45) is 5.73 Å². The van der Waals surface area contributed by atoms with Crippen molar-refractivity contribution in [3.63, 3.8) is 0 Å². The summed E-state index contributed by atoms with van der Waals surface area (Å²) >= 11 is 0. The van der Waals surface area contributed by atoms with Crippen LogP contribution >= 0.6 is 7.60 Å². The number of hydrogen-bond acceptors (Lipinski definition) is 9. The van der Waals surface area contributed by atoms with Gasteiger partial charge in [-0.1, -0.05) is 18.2 Å². The quantitative estimate of drug-likeness (QED) is 0.140. The summed E-state index contributed by atoms with van der Waals surface area (Å²) in [5, 5.41) is 33.3. The first-order valence-corrected chi connectivity index (χ1v) is 11.1.